The molecule has 0 radical (unpaired) electrons. The molecule has 0 aromatic carbocycles. The number of carbonyl (C=O) groups excluding carboxylic acids is 1. The Morgan fingerprint density at radius 3 is 2.14 bits per heavy atom. The lowest BCUT2D eigenvalue weighted by Crippen LogP contribution is -2.53. The summed E-state index contributed by atoms with van der Waals surface area (Å²) >= 11 is 0. The molecule has 3 rings (SSSR count). The zero-order chi connectivity index (χ0) is 14.7. The Morgan fingerprint density at radius 2 is 1.52 bits per heavy atom. The van der Waals surface area contributed by atoms with Crippen molar-refractivity contribution in [2.45, 2.75) is 89.1 Å². The molecule has 21 heavy (non-hydrogen) atoms. The van der Waals surface area contributed by atoms with Crippen LogP contribution in [0.15, 0.2) is 0 Å². The van der Waals surface area contributed by atoms with Gasteiger partial charge < -0.3 is 11.1 Å². The molecule has 2 bridgehead atoms. The maximum Gasteiger partial charge on any atom is 0.220 e. The molecule has 2 unspecified atom stereocenters. The van der Waals surface area contributed by atoms with Gasteiger partial charge in [-0.05, 0) is 56.3 Å². The van der Waals surface area contributed by atoms with Crippen molar-refractivity contribution in [2.24, 2.45) is 23.5 Å². The lowest BCUT2D eigenvalue weighted by Gasteiger charge is -2.45. The molecule has 3 heteroatoms. The number of fused-ring (bicyclic) bond motifs is 2. The maximum absolute atomic E-state index is 12.5. The summed E-state index contributed by atoms with van der Waals surface area (Å²) in [6.07, 6.45) is 14.7. The number of hydrogen-bond donors (Lipinski definition) is 2. The summed E-state index contributed by atoms with van der Waals surface area (Å²) in [5, 5.41) is 3.41. The fraction of sp³-hybridized carbons (Fsp3) is 0.944. The lowest BCUT2D eigenvalue weighted by atomic mass is 9.67. The number of nitrogens with one attached hydrogen (secondary N) is 1. The van der Waals surface area contributed by atoms with Crippen molar-refractivity contribution < 1.29 is 4.79 Å². The van der Waals surface area contributed by atoms with Crippen molar-refractivity contribution in [3.8, 4) is 0 Å². The molecule has 0 heterocycles. The number of hydrogen-bond acceptors (Lipinski definition) is 2. The van der Waals surface area contributed by atoms with E-state index in [1.807, 2.05) is 0 Å². The summed E-state index contributed by atoms with van der Waals surface area (Å²) in [6, 6.07) is 0.798. The van der Waals surface area contributed by atoms with E-state index in [9.17, 15) is 4.79 Å². The fourth-order valence-electron chi connectivity index (χ4n) is 5.10. The van der Waals surface area contributed by atoms with Crippen LogP contribution in [0.3, 0.4) is 0 Å². The van der Waals surface area contributed by atoms with Gasteiger partial charge in [0.2, 0.25) is 5.91 Å². The standard InChI is InChI=1S/C18H32N2O/c19-16-11-14-8-5-9-15(12-16)18(14)20-17(21)10-13-6-3-1-2-4-7-13/h13-16,18H,1-12,19H2,(H,20,21). The van der Waals surface area contributed by atoms with E-state index in [1.54, 1.807) is 0 Å². The topological polar surface area (TPSA) is 55.1 Å². The zero-order valence-corrected chi connectivity index (χ0v) is 13.4. The van der Waals surface area contributed by atoms with Crippen LogP contribution in [0.2, 0.25) is 0 Å². The van der Waals surface area contributed by atoms with Gasteiger partial charge >= 0.3 is 0 Å². The summed E-state index contributed by atoms with van der Waals surface area (Å²) in [6.45, 7) is 0. The van der Waals surface area contributed by atoms with Crippen molar-refractivity contribution in [3.63, 3.8) is 0 Å². The summed E-state index contributed by atoms with van der Waals surface area (Å²) < 4.78 is 0. The quantitative estimate of drug-likeness (QED) is 0.784. The van der Waals surface area contributed by atoms with Gasteiger partial charge in [0.05, 0.1) is 0 Å². The average Bonchev–Trinajstić information content (AvgIpc) is 2.68. The minimum Gasteiger partial charge on any atom is -0.353 e. The number of amides is 1. The van der Waals surface area contributed by atoms with Gasteiger partial charge in [0, 0.05) is 18.5 Å². The highest BCUT2D eigenvalue weighted by Gasteiger charge is 2.39. The van der Waals surface area contributed by atoms with E-state index in [4.69, 9.17) is 5.73 Å². The third kappa shape index (κ3) is 4.00. The Balaban J connectivity index is 1.52. The van der Waals surface area contributed by atoms with Gasteiger partial charge in [-0.2, -0.15) is 0 Å². The van der Waals surface area contributed by atoms with Crippen LogP contribution in [0, 0.1) is 17.8 Å². The van der Waals surface area contributed by atoms with Gasteiger partial charge in [0.25, 0.3) is 0 Å². The van der Waals surface area contributed by atoms with Crippen LogP contribution in [-0.2, 0) is 4.79 Å². The van der Waals surface area contributed by atoms with Crippen LogP contribution in [-0.4, -0.2) is 18.0 Å². The van der Waals surface area contributed by atoms with E-state index >= 15 is 0 Å². The molecule has 0 spiro atoms. The number of nitrogens with two attached hydrogens (primary N) is 1. The first-order valence-corrected chi connectivity index (χ1v) is 9.27. The maximum atomic E-state index is 12.5. The average molecular weight is 292 g/mol. The van der Waals surface area contributed by atoms with Crippen LogP contribution < -0.4 is 11.1 Å². The SMILES string of the molecule is NC1CC2CCCC(C1)C2NC(=O)CC1CCCCCC1. The summed E-state index contributed by atoms with van der Waals surface area (Å²) in [7, 11) is 0. The Kier molecular flexibility index (Phi) is 5.20. The molecule has 0 saturated heterocycles. The smallest absolute Gasteiger partial charge is 0.220 e. The van der Waals surface area contributed by atoms with Crippen LogP contribution in [0.4, 0.5) is 0 Å². The Labute approximate surface area is 129 Å². The Bertz CT molecular complexity index is 335. The molecule has 3 N–H and O–H groups in total. The number of rotatable bonds is 3. The first-order valence-electron chi connectivity index (χ1n) is 9.27. The predicted molar refractivity (Wildman–Crippen MR) is 85.8 cm³/mol. The second-order valence-corrected chi connectivity index (χ2v) is 7.84. The third-order valence-corrected chi connectivity index (χ3v) is 6.15. The van der Waals surface area contributed by atoms with Crippen LogP contribution in [0.5, 0.6) is 0 Å². The van der Waals surface area contributed by atoms with Gasteiger partial charge in [-0.15, -0.1) is 0 Å². The van der Waals surface area contributed by atoms with Gasteiger partial charge in [0.15, 0.2) is 0 Å². The molecular weight excluding hydrogens is 260 g/mol. The van der Waals surface area contributed by atoms with Crippen molar-refractivity contribution in [1.29, 1.82) is 0 Å². The molecule has 3 nitrogen and oxygen atoms in total. The molecule has 3 aliphatic rings. The molecule has 3 fully saturated rings. The predicted octanol–water partition coefficient (Wildman–Crippen LogP) is 3.37. The monoisotopic (exact) mass is 292 g/mol. The largest absolute Gasteiger partial charge is 0.353 e. The van der Waals surface area contributed by atoms with E-state index in [0.29, 0.717) is 35.7 Å². The molecule has 3 aliphatic carbocycles. The highest BCUT2D eigenvalue weighted by molar-refractivity contribution is 5.76. The van der Waals surface area contributed by atoms with E-state index in [-0.39, 0.29) is 0 Å². The second kappa shape index (κ2) is 7.13. The zero-order valence-electron chi connectivity index (χ0n) is 13.4. The normalized spacial score (nSPS) is 37.8. The summed E-state index contributed by atoms with van der Waals surface area (Å²) in [4.78, 5) is 12.5. The van der Waals surface area contributed by atoms with E-state index in [2.05, 4.69) is 5.32 Å². The minimum absolute atomic E-state index is 0.319. The van der Waals surface area contributed by atoms with Crippen LogP contribution in [0.25, 0.3) is 0 Å². The molecule has 120 valence electrons. The van der Waals surface area contributed by atoms with Crippen LogP contribution >= 0.6 is 0 Å². The first-order chi connectivity index (χ1) is 10.2. The van der Waals surface area contributed by atoms with Gasteiger partial charge in [-0.1, -0.05) is 32.1 Å². The van der Waals surface area contributed by atoms with E-state index in [0.717, 1.165) is 19.3 Å². The minimum atomic E-state index is 0.319. The van der Waals surface area contributed by atoms with Crippen LogP contribution in [0.1, 0.15) is 77.0 Å². The first kappa shape index (κ1) is 15.3. The van der Waals surface area contributed by atoms with Crippen molar-refractivity contribution in [1.82, 2.24) is 5.32 Å². The van der Waals surface area contributed by atoms with Gasteiger partial charge in [-0.3, -0.25) is 4.79 Å². The molecule has 0 aromatic rings. The molecule has 2 atom stereocenters. The summed E-state index contributed by atoms with van der Waals surface area (Å²) in [5.41, 5.74) is 6.17. The highest BCUT2D eigenvalue weighted by Crippen LogP contribution is 2.39. The molecule has 0 aliphatic heterocycles. The molecule has 1 amide bonds. The second-order valence-electron chi connectivity index (χ2n) is 7.84. The summed E-state index contributed by atoms with van der Waals surface area (Å²) in [5.74, 6) is 2.24. The Hall–Kier alpha value is -0.570. The van der Waals surface area contributed by atoms with E-state index in [1.165, 1.54) is 57.8 Å². The third-order valence-electron chi connectivity index (χ3n) is 6.15. The van der Waals surface area contributed by atoms with Crippen molar-refractivity contribution in [2.75, 3.05) is 0 Å². The van der Waals surface area contributed by atoms with E-state index < -0.39 is 0 Å². The van der Waals surface area contributed by atoms with Gasteiger partial charge in [0.1, 0.15) is 0 Å². The highest BCUT2D eigenvalue weighted by atomic mass is 16.1. The molecule has 0 aromatic heterocycles. The molecular formula is C18H32N2O. The Morgan fingerprint density at radius 1 is 0.905 bits per heavy atom. The van der Waals surface area contributed by atoms with Gasteiger partial charge in [-0.25, -0.2) is 0 Å². The molecule has 3 saturated carbocycles. The number of carbonyl (C=O) groups is 1. The fourth-order valence-corrected chi connectivity index (χ4v) is 5.10. The van der Waals surface area contributed by atoms with Crippen molar-refractivity contribution in [3.05, 3.63) is 0 Å². The lowest BCUT2D eigenvalue weighted by molar-refractivity contribution is -0.124. The van der Waals surface area contributed by atoms with Crippen molar-refractivity contribution >= 4 is 5.91 Å².